The van der Waals surface area contributed by atoms with Gasteiger partial charge in [0.25, 0.3) is 0 Å². The van der Waals surface area contributed by atoms with Crippen LogP contribution in [0.2, 0.25) is 0 Å². The lowest BCUT2D eigenvalue weighted by Gasteiger charge is -2.22. The van der Waals surface area contributed by atoms with Crippen LogP contribution >= 0.6 is 11.3 Å². The molecule has 1 aliphatic heterocycles. The summed E-state index contributed by atoms with van der Waals surface area (Å²) in [6.07, 6.45) is 6.06. The standard InChI is InChI=1S/C13H20N2O3S/c16-12(14-5-4-13-15-6-8-19-13)10-17-9-11-3-1-2-7-18-11/h6,8,11H,1-5,7,9-10H2,(H,14,16)/t11-/m0/s1. The van der Waals surface area contributed by atoms with Gasteiger partial charge in [0, 0.05) is 31.1 Å². The summed E-state index contributed by atoms with van der Waals surface area (Å²) in [7, 11) is 0. The van der Waals surface area contributed by atoms with Crippen LogP contribution in [0.5, 0.6) is 0 Å². The Bertz CT molecular complexity index is 364. The molecule has 1 atom stereocenters. The van der Waals surface area contributed by atoms with E-state index in [0.717, 1.165) is 30.9 Å². The van der Waals surface area contributed by atoms with Crippen molar-refractivity contribution in [2.24, 2.45) is 0 Å². The lowest BCUT2D eigenvalue weighted by atomic mass is 10.1. The van der Waals surface area contributed by atoms with Crippen LogP contribution < -0.4 is 5.32 Å². The highest BCUT2D eigenvalue weighted by Crippen LogP contribution is 2.12. The van der Waals surface area contributed by atoms with Crippen LogP contribution in [-0.4, -0.2) is 43.4 Å². The number of nitrogens with zero attached hydrogens (tertiary/aromatic N) is 1. The highest BCUT2D eigenvalue weighted by Gasteiger charge is 2.14. The highest BCUT2D eigenvalue weighted by atomic mass is 32.1. The Morgan fingerprint density at radius 2 is 2.53 bits per heavy atom. The fourth-order valence-electron chi connectivity index (χ4n) is 1.96. The number of hydrogen-bond acceptors (Lipinski definition) is 5. The molecule has 1 aromatic heterocycles. The molecule has 0 bridgehead atoms. The van der Waals surface area contributed by atoms with Crippen molar-refractivity contribution < 1.29 is 14.3 Å². The van der Waals surface area contributed by atoms with E-state index < -0.39 is 0 Å². The largest absolute Gasteiger partial charge is 0.376 e. The second kappa shape index (κ2) is 8.24. The molecule has 106 valence electrons. The monoisotopic (exact) mass is 284 g/mol. The Hall–Kier alpha value is -0.980. The van der Waals surface area contributed by atoms with Crippen LogP contribution in [0.1, 0.15) is 24.3 Å². The van der Waals surface area contributed by atoms with Crippen molar-refractivity contribution in [3.63, 3.8) is 0 Å². The first-order valence-corrected chi connectivity index (χ1v) is 7.57. The summed E-state index contributed by atoms with van der Waals surface area (Å²) in [5.74, 6) is -0.0765. The molecule has 1 aliphatic rings. The maximum atomic E-state index is 11.5. The summed E-state index contributed by atoms with van der Waals surface area (Å²) in [6.45, 7) is 2.04. The molecule has 5 nitrogen and oxygen atoms in total. The minimum Gasteiger partial charge on any atom is -0.376 e. The van der Waals surface area contributed by atoms with Crippen LogP contribution in [-0.2, 0) is 20.7 Å². The van der Waals surface area contributed by atoms with Gasteiger partial charge in [0.05, 0.1) is 17.7 Å². The molecule has 2 rings (SSSR count). The van der Waals surface area contributed by atoms with Crippen molar-refractivity contribution in [1.29, 1.82) is 0 Å². The van der Waals surface area contributed by atoms with Crippen LogP contribution in [0.4, 0.5) is 0 Å². The Labute approximate surface area is 117 Å². The van der Waals surface area contributed by atoms with Crippen LogP contribution in [0, 0.1) is 0 Å². The van der Waals surface area contributed by atoms with E-state index >= 15 is 0 Å². The van der Waals surface area contributed by atoms with Gasteiger partial charge in [-0.2, -0.15) is 0 Å². The number of carbonyl (C=O) groups excluding carboxylic acids is 1. The molecule has 19 heavy (non-hydrogen) atoms. The predicted molar refractivity (Wildman–Crippen MR) is 73.2 cm³/mol. The maximum Gasteiger partial charge on any atom is 0.246 e. The van der Waals surface area contributed by atoms with Gasteiger partial charge < -0.3 is 14.8 Å². The van der Waals surface area contributed by atoms with Crippen molar-refractivity contribution in [2.45, 2.75) is 31.8 Å². The van der Waals surface area contributed by atoms with E-state index in [1.165, 1.54) is 6.42 Å². The summed E-state index contributed by atoms with van der Waals surface area (Å²) < 4.78 is 10.9. The SMILES string of the molecule is O=C(COC[C@@H]1CCCCO1)NCCc1nccs1. The Balaban J connectivity index is 1.49. The van der Waals surface area contributed by atoms with Gasteiger partial charge in [-0.15, -0.1) is 11.3 Å². The summed E-state index contributed by atoms with van der Waals surface area (Å²) in [4.78, 5) is 15.7. The molecule has 0 unspecified atom stereocenters. The van der Waals surface area contributed by atoms with Gasteiger partial charge in [0.2, 0.25) is 5.91 Å². The van der Waals surface area contributed by atoms with Crippen molar-refractivity contribution in [3.8, 4) is 0 Å². The highest BCUT2D eigenvalue weighted by molar-refractivity contribution is 7.09. The quantitative estimate of drug-likeness (QED) is 0.822. The van der Waals surface area contributed by atoms with Gasteiger partial charge in [-0.25, -0.2) is 4.98 Å². The van der Waals surface area contributed by atoms with Crippen molar-refractivity contribution in [3.05, 3.63) is 16.6 Å². The number of thiazole rings is 1. The van der Waals surface area contributed by atoms with Gasteiger partial charge in [0.15, 0.2) is 0 Å². The van der Waals surface area contributed by atoms with Gasteiger partial charge in [0.1, 0.15) is 6.61 Å². The van der Waals surface area contributed by atoms with E-state index in [4.69, 9.17) is 9.47 Å². The number of amides is 1. The average Bonchev–Trinajstić information content (AvgIpc) is 2.93. The zero-order valence-corrected chi connectivity index (χ0v) is 11.8. The smallest absolute Gasteiger partial charge is 0.246 e. The first-order chi connectivity index (χ1) is 9.34. The lowest BCUT2D eigenvalue weighted by Crippen LogP contribution is -2.32. The molecule has 1 amide bonds. The van der Waals surface area contributed by atoms with Crippen LogP contribution in [0.3, 0.4) is 0 Å². The molecule has 2 heterocycles. The summed E-state index contributed by atoms with van der Waals surface area (Å²) in [5, 5.41) is 5.79. The molecule has 0 saturated carbocycles. The predicted octanol–water partition coefficient (Wildman–Crippen LogP) is 1.39. The number of nitrogens with one attached hydrogen (secondary N) is 1. The van der Waals surface area contributed by atoms with Gasteiger partial charge >= 0.3 is 0 Å². The fraction of sp³-hybridized carbons (Fsp3) is 0.692. The number of aromatic nitrogens is 1. The third kappa shape index (κ3) is 5.67. The Morgan fingerprint density at radius 1 is 1.58 bits per heavy atom. The minimum atomic E-state index is -0.0765. The fourth-order valence-corrected chi connectivity index (χ4v) is 2.58. The van der Waals surface area contributed by atoms with E-state index in [2.05, 4.69) is 10.3 Å². The van der Waals surface area contributed by atoms with E-state index in [1.54, 1.807) is 17.5 Å². The van der Waals surface area contributed by atoms with Crippen molar-refractivity contribution in [2.75, 3.05) is 26.4 Å². The molecule has 1 fully saturated rings. The van der Waals surface area contributed by atoms with E-state index in [9.17, 15) is 4.79 Å². The van der Waals surface area contributed by atoms with Gasteiger partial charge in [-0.05, 0) is 19.3 Å². The van der Waals surface area contributed by atoms with E-state index in [-0.39, 0.29) is 18.6 Å². The minimum absolute atomic E-state index is 0.0765. The van der Waals surface area contributed by atoms with Gasteiger partial charge in [-0.3, -0.25) is 4.79 Å². The molecular formula is C13H20N2O3S. The first kappa shape index (κ1) is 14.4. The average molecular weight is 284 g/mol. The number of rotatable bonds is 7. The third-order valence-electron chi connectivity index (χ3n) is 2.96. The molecule has 1 saturated heterocycles. The molecule has 0 radical (unpaired) electrons. The first-order valence-electron chi connectivity index (χ1n) is 6.69. The van der Waals surface area contributed by atoms with Crippen molar-refractivity contribution >= 4 is 17.2 Å². The zero-order chi connectivity index (χ0) is 13.3. The molecular weight excluding hydrogens is 264 g/mol. The topological polar surface area (TPSA) is 60.5 Å². The second-order valence-corrected chi connectivity index (χ2v) is 5.51. The lowest BCUT2D eigenvalue weighted by molar-refractivity contribution is -0.127. The number of hydrogen-bond donors (Lipinski definition) is 1. The van der Waals surface area contributed by atoms with Crippen LogP contribution in [0.15, 0.2) is 11.6 Å². The molecule has 0 spiro atoms. The molecule has 1 N–H and O–H groups in total. The summed E-state index contributed by atoms with van der Waals surface area (Å²) in [6, 6.07) is 0. The molecule has 0 aromatic carbocycles. The molecule has 1 aromatic rings. The van der Waals surface area contributed by atoms with E-state index in [0.29, 0.717) is 13.2 Å². The van der Waals surface area contributed by atoms with Crippen LogP contribution in [0.25, 0.3) is 0 Å². The summed E-state index contributed by atoms with van der Waals surface area (Å²) >= 11 is 1.60. The summed E-state index contributed by atoms with van der Waals surface area (Å²) in [5.41, 5.74) is 0. The third-order valence-corrected chi connectivity index (χ3v) is 3.79. The normalized spacial score (nSPS) is 19.3. The Morgan fingerprint density at radius 3 is 3.26 bits per heavy atom. The number of carbonyl (C=O) groups is 1. The zero-order valence-electron chi connectivity index (χ0n) is 11.0. The maximum absolute atomic E-state index is 11.5. The Kier molecular flexibility index (Phi) is 6.26. The molecule has 0 aliphatic carbocycles. The number of ether oxygens (including phenoxy) is 2. The van der Waals surface area contributed by atoms with E-state index in [1.807, 2.05) is 5.38 Å². The van der Waals surface area contributed by atoms with Gasteiger partial charge in [-0.1, -0.05) is 0 Å². The molecule has 6 heteroatoms. The van der Waals surface area contributed by atoms with Crippen molar-refractivity contribution in [1.82, 2.24) is 10.3 Å². The second-order valence-electron chi connectivity index (χ2n) is 4.53.